The Bertz CT molecular complexity index is 425. The van der Waals surface area contributed by atoms with E-state index >= 15 is 0 Å². The second-order valence-corrected chi connectivity index (χ2v) is 4.70. The van der Waals surface area contributed by atoms with Gasteiger partial charge >= 0.3 is 0 Å². The zero-order valence-electron chi connectivity index (χ0n) is 9.29. The van der Waals surface area contributed by atoms with E-state index in [1.807, 2.05) is 6.92 Å². The van der Waals surface area contributed by atoms with Crippen molar-refractivity contribution in [3.8, 4) is 0 Å². The molecule has 1 heterocycles. The Morgan fingerprint density at radius 1 is 1.35 bits per heavy atom. The lowest BCUT2D eigenvalue weighted by molar-refractivity contribution is -0.0298. The van der Waals surface area contributed by atoms with Crippen LogP contribution in [0.4, 0.5) is 8.78 Å². The van der Waals surface area contributed by atoms with E-state index in [2.05, 4.69) is 0 Å². The van der Waals surface area contributed by atoms with Crippen LogP contribution in [0.5, 0.6) is 0 Å². The molecule has 1 aromatic rings. The van der Waals surface area contributed by atoms with Crippen LogP contribution in [0, 0.1) is 11.6 Å². The zero-order valence-corrected chi connectivity index (χ0v) is 10.0. The molecule has 1 saturated heterocycles. The highest BCUT2D eigenvalue weighted by molar-refractivity contribution is 6.31. The topological polar surface area (TPSA) is 29.5 Å². The Balaban J connectivity index is 2.24. The van der Waals surface area contributed by atoms with E-state index in [1.165, 1.54) is 0 Å². The molecule has 2 nitrogen and oxygen atoms in total. The summed E-state index contributed by atoms with van der Waals surface area (Å²) in [5.41, 5.74) is 0.171. The van der Waals surface area contributed by atoms with Crippen LogP contribution in [0.1, 0.15) is 31.4 Å². The van der Waals surface area contributed by atoms with Gasteiger partial charge in [0.25, 0.3) is 0 Å². The maximum Gasteiger partial charge on any atom is 0.160 e. The predicted octanol–water partition coefficient (Wildman–Crippen LogP) is 3.22. The van der Waals surface area contributed by atoms with Gasteiger partial charge in [0.2, 0.25) is 0 Å². The van der Waals surface area contributed by atoms with Crippen molar-refractivity contribution in [2.75, 3.05) is 0 Å². The minimum atomic E-state index is -1.03. The van der Waals surface area contributed by atoms with Gasteiger partial charge in [-0.2, -0.15) is 0 Å². The number of aliphatic hydroxyl groups is 1. The summed E-state index contributed by atoms with van der Waals surface area (Å²) in [4.78, 5) is 0. The van der Waals surface area contributed by atoms with Crippen LogP contribution in [0.25, 0.3) is 0 Å². The molecule has 2 rings (SSSR count). The zero-order chi connectivity index (χ0) is 12.6. The Morgan fingerprint density at radius 3 is 2.59 bits per heavy atom. The predicted molar refractivity (Wildman–Crippen MR) is 59.9 cm³/mol. The fourth-order valence-corrected chi connectivity index (χ4v) is 2.29. The Hall–Kier alpha value is -0.710. The molecule has 0 saturated carbocycles. The SMILES string of the molecule is CC1CCC(C(O)c2cc(F)c(F)cc2Cl)O1. The monoisotopic (exact) mass is 262 g/mol. The van der Waals surface area contributed by atoms with Gasteiger partial charge in [0.1, 0.15) is 6.10 Å². The Labute approximate surface area is 103 Å². The van der Waals surface area contributed by atoms with Gasteiger partial charge in [-0.15, -0.1) is 0 Å². The van der Waals surface area contributed by atoms with Crippen molar-refractivity contribution in [3.63, 3.8) is 0 Å². The minimum Gasteiger partial charge on any atom is -0.386 e. The lowest BCUT2D eigenvalue weighted by Crippen LogP contribution is -2.19. The largest absolute Gasteiger partial charge is 0.386 e. The maximum atomic E-state index is 13.1. The molecule has 1 aromatic carbocycles. The van der Waals surface area contributed by atoms with Crippen molar-refractivity contribution in [2.24, 2.45) is 0 Å². The number of benzene rings is 1. The van der Waals surface area contributed by atoms with Gasteiger partial charge in [0, 0.05) is 10.6 Å². The third-order valence-electron chi connectivity index (χ3n) is 2.98. The molecule has 0 amide bonds. The molecule has 1 N–H and O–H groups in total. The maximum absolute atomic E-state index is 13.1. The van der Waals surface area contributed by atoms with Crippen LogP contribution >= 0.6 is 11.6 Å². The fourth-order valence-electron chi connectivity index (χ4n) is 2.03. The summed E-state index contributed by atoms with van der Waals surface area (Å²) in [5, 5.41) is 10.0. The second-order valence-electron chi connectivity index (χ2n) is 4.30. The number of hydrogen-bond acceptors (Lipinski definition) is 2. The Morgan fingerprint density at radius 2 is 2.00 bits per heavy atom. The summed E-state index contributed by atoms with van der Waals surface area (Å²) >= 11 is 5.79. The van der Waals surface area contributed by atoms with Crippen LogP contribution in [0.2, 0.25) is 5.02 Å². The molecule has 0 aromatic heterocycles. The molecule has 5 heteroatoms. The van der Waals surface area contributed by atoms with Gasteiger partial charge in [-0.3, -0.25) is 0 Å². The van der Waals surface area contributed by atoms with Crippen molar-refractivity contribution >= 4 is 11.6 Å². The van der Waals surface area contributed by atoms with Crippen LogP contribution in [-0.2, 0) is 4.74 Å². The summed E-state index contributed by atoms with van der Waals surface area (Å²) in [6.45, 7) is 1.90. The van der Waals surface area contributed by atoms with Crippen molar-refractivity contribution in [3.05, 3.63) is 34.4 Å². The van der Waals surface area contributed by atoms with E-state index in [1.54, 1.807) is 0 Å². The summed E-state index contributed by atoms with van der Waals surface area (Å²) in [7, 11) is 0. The first kappa shape index (κ1) is 12.7. The minimum absolute atomic E-state index is 0.0135. The first-order chi connectivity index (χ1) is 7.99. The van der Waals surface area contributed by atoms with Crippen molar-refractivity contribution in [1.82, 2.24) is 0 Å². The third kappa shape index (κ3) is 2.59. The lowest BCUT2D eigenvalue weighted by atomic mass is 10.0. The van der Waals surface area contributed by atoms with Gasteiger partial charge in [-0.1, -0.05) is 11.6 Å². The molecule has 0 spiro atoms. The van der Waals surface area contributed by atoms with E-state index in [9.17, 15) is 13.9 Å². The van der Waals surface area contributed by atoms with E-state index in [-0.39, 0.29) is 16.7 Å². The molecule has 1 aliphatic heterocycles. The summed E-state index contributed by atoms with van der Waals surface area (Å²) in [6, 6.07) is 1.79. The molecular formula is C12H13ClF2O2. The number of aliphatic hydroxyl groups excluding tert-OH is 1. The normalized spacial score (nSPS) is 26.2. The van der Waals surface area contributed by atoms with Crippen molar-refractivity contribution in [1.29, 1.82) is 0 Å². The van der Waals surface area contributed by atoms with E-state index in [4.69, 9.17) is 16.3 Å². The molecule has 3 unspecified atom stereocenters. The number of rotatable bonds is 2. The molecule has 1 fully saturated rings. The molecule has 0 aliphatic carbocycles. The van der Waals surface area contributed by atoms with Crippen molar-refractivity contribution < 1.29 is 18.6 Å². The summed E-state index contributed by atoms with van der Waals surface area (Å²) in [5.74, 6) is -2.04. The molecular weight excluding hydrogens is 250 g/mol. The van der Waals surface area contributed by atoms with E-state index in [0.717, 1.165) is 18.6 Å². The number of hydrogen-bond donors (Lipinski definition) is 1. The molecule has 94 valence electrons. The summed E-state index contributed by atoms with van der Waals surface area (Å²) in [6.07, 6.45) is 0.148. The van der Waals surface area contributed by atoms with Gasteiger partial charge in [0.05, 0.1) is 12.2 Å². The highest BCUT2D eigenvalue weighted by Gasteiger charge is 2.31. The van der Waals surface area contributed by atoms with Crippen LogP contribution < -0.4 is 0 Å². The molecule has 17 heavy (non-hydrogen) atoms. The first-order valence-electron chi connectivity index (χ1n) is 5.47. The fraction of sp³-hybridized carbons (Fsp3) is 0.500. The van der Waals surface area contributed by atoms with E-state index in [0.29, 0.717) is 6.42 Å². The average Bonchev–Trinajstić information content (AvgIpc) is 2.69. The lowest BCUT2D eigenvalue weighted by Gasteiger charge is -2.19. The van der Waals surface area contributed by atoms with Gasteiger partial charge < -0.3 is 9.84 Å². The smallest absolute Gasteiger partial charge is 0.160 e. The first-order valence-corrected chi connectivity index (χ1v) is 5.85. The van der Waals surface area contributed by atoms with Crippen molar-refractivity contribution in [2.45, 2.75) is 38.1 Å². The molecule has 0 bridgehead atoms. The molecule has 1 aliphatic rings. The summed E-state index contributed by atoms with van der Waals surface area (Å²) < 4.78 is 31.5. The van der Waals surface area contributed by atoms with Crippen LogP contribution in [0.3, 0.4) is 0 Å². The highest BCUT2D eigenvalue weighted by atomic mass is 35.5. The number of ether oxygens (including phenoxy) is 1. The van der Waals surface area contributed by atoms with Gasteiger partial charge in [0.15, 0.2) is 11.6 Å². The third-order valence-corrected chi connectivity index (χ3v) is 3.30. The quantitative estimate of drug-likeness (QED) is 0.830. The van der Waals surface area contributed by atoms with Crippen LogP contribution in [-0.4, -0.2) is 17.3 Å². The van der Waals surface area contributed by atoms with E-state index < -0.39 is 23.8 Å². The highest BCUT2D eigenvalue weighted by Crippen LogP contribution is 2.34. The molecule has 3 atom stereocenters. The van der Waals surface area contributed by atoms with Gasteiger partial charge in [-0.25, -0.2) is 8.78 Å². The van der Waals surface area contributed by atoms with Gasteiger partial charge in [-0.05, 0) is 31.9 Å². The van der Waals surface area contributed by atoms with Crippen LogP contribution in [0.15, 0.2) is 12.1 Å². The Kier molecular flexibility index (Phi) is 3.66. The number of halogens is 3. The standard InChI is InChI=1S/C12H13ClF2O2/c1-6-2-3-11(17-6)12(16)7-4-9(14)10(15)5-8(7)13/h4-6,11-12,16H,2-3H2,1H3. The molecule has 0 radical (unpaired) electrons. The average molecular weight is 263 g/mol. The second kappa shape index (κ2) is 4.88.